The van der Waals surface area contributed by atoms with E-state index < -0.39 is 5.97 Å². The summed E-state index contributed by atoms with van der Waals surface area (Å²) < 4.78 is 19.7. The number of carbonyl (C=O) groups excluding carboxylic acids is 2. The number of piperazine rings is 1. The second kappa shape index (κ2) is 10.5. The number of aryl methyl sites for hydroxylation is 1. The number of halogens is 2. The number of nitrogens with zero attached hydrogens (tertiary/aromatic N) is 5. The van der Waals surface area contributed by atoms with Crippen LogP contribution in [0.2, 0.25) is 5.15 Å². The Labute approximate surface area is 201 Å². The molecule has 4 rings (SSSR count). The molecular weight excluding hydrogens is 461 g/mol. The zero-order valence-corrected chi connectivity index (χ0v) is 19.3. The summed E-state index contributed by atoms with van der Waals surface area (Å²) in [6.45, 7) is 3.78. The van der Waals surface area contributed by atoms with E-state index in [1.165, 1.54) is 29.0 Å². The number of esters is 1. The highest BCUT2D eigenvalue weighted by Crippen LogP contribution is 2.25. The molecule has 1 fully saturated rings. The summed E-state index contributed by atoms with van der Waals surface area (Å²) in [4.78, 5) is 32.7. The van der Waals surface area contributed by atoms with Crippen molar-refractivity contribution in [1.82, 2.24) is 19.7 Å². The predicted octanol–water partition coefficient (Wildman–Crippen LogP) is 3.27. The van der Waals surface area contributed by atoms with Crippen LogP contribution in [0.5, 0.6) is 0 Å². The average molecular weight is 484 g/mol. The maximum Gasteiger partial charge on any atom is 0.331 e. The molecule has 0 spiro atoms. The van der Waals surface area contributed by atoms with Crippen LogP contribution in [-0.4, -0.2) is 64.3 Å². The Hall–Kier alpha value is -3.72. The van der Waals surface area contributed by atoms with Gasteiger partial charge in [-0.05, 0) is 49.4 Å². The number of anilines is 1. The minimum atomic E-state index is -0.662. The van der Waals surface area contributed by atoms with Gasteiger partial charge in [0.15, 0.2) is 6.61 Å². The summed E-state index contributed by atoms with van der Waals surface area (Å²) in [6, 6.07) is 11.4. The van der Waals surface area contributed by atoms with E-state index in [0.717, 1.165) is 5.82 Å². The Kier molecular flexibility index (Phi) is 7.22. The van der Waals surface area contributed by atoms with Gasteiger partial charge in [-0.2, -0.15) is 5.10 Å². The number of pyridine rings is 1. The van der Waals surface area contributed by atoms with E-state index in [9.17, 15) is 14.0 Å². The van der Waals surface area contributed by atoms with Crippen LogP contribution in [0.1, 0.15) is 11.3 Å². The number of hydrogen-bond donors (Lipinski definition) is 0. The van der Waals surface area contributed by atoms with Gasteiger partial charge in [-0.25, -0.2) is 18.9 Å². The molecule has 0 unspecified atom stereocenters. The van der Waals surface area contributed by atoms with E-state index >= 15 is 0 Å². The lowest BCUT2D eigenvalue weighted by Gasteiger charge is -2.35. The van der Waals surface area contributed by atoms with Crippen molar-refractivity contribution in [2.75, 3.05) is 37.7 Å². The lowest BCUT2D eigenvalue weighted by atomic mass is 10.2. The molecule has 0 atom stereocenters. The Morgan fingerprint density at radius 3 is 2.53 bits per heavy atom. The third-order valence-corrected chi connectivity index (χ3v) is 5.81. The van der Waals surface area contributed by atoms with Crippen molar-refractivity contribution >= 4 is 35.4 Å². The van der Waals surface area contributed by atoms with Gasteiger partial charge in [0.25, 0.3) is 5.91 Å². The molecule has 1 saturated heterocycles. The third kappa shape index (κ3) is 5.43. The van der Waals surface area contributed by atoms with Crippen molar-refractivity contribution in [2.24, 2.45) is 0 Å². The maximum absolute atomic E-state index is 13.2. The Bertz CT molecular complexity index is 1190. The number of carbonyl (C=O) groups is 2. The smallest absolute Gasteiger partial charge is 0.331 e. The molecule has 176 valence electrons. The van der Waals surface area contributed by atoms with Gasteiger partial charge in [-0.3, -0.25) is 4.79 Å². The van der Waals surface area contributed by atoms with Crippen molar-refractivity contribution in [3.8, 4) is 5.69 Å². The first-order chi connectivity index (χ1) is 16.4. The number of aromatic nitrogens is 3. The fourth-order valence-electron chi connectivity index (χ4n) is 3.60. The molecule has 0 saturated carbocycles. The number of ether oxygens (including phenoxy) is 1. The van der Waals surface area contributed by atoms with Crippen LogP contribution in [-0.2, 0) is 14.3 Å². The molecule has 3 aromatic rings. The van der Waals surface area contributed by atoms with Crippen molar-refractivity contribution < 1.29 is 18.7 Å². The van der Waals surface area contributed by atoms with E-state index in [1.807, 2.05) is 18.2 Å². The molecule has 34 heavy (non-hydrogen) atoms. The van der Waals surface area contributed by atoms with Crippen molar-refractivity contribution in [3.63, 3.8) is 0 Å². The summed E-state index contributed by atoms with van der Waals surface area (Å²) in [5.41, 5.74) is 1.70. The van der Waals surface area contributed by atoms with Gasteiger partial charge in [0.2, 0.25) is 0 Å². The van der Waals surface area contributed by atoms with E-state index in [4.69, 9.17) is 16.3 Å². The topological polar surface area (TPSA) is 80.6 Å². The van der Waals surface area contributed by atoms with Crippen molar-refractivity contribution in [2.45, 2.75) is 6.92 Å². The monoisotopic (exact) mass is 483 g/mol. The maximum atomic E-state index is 13.2. The predicted molar refractivity (Wildman–Crippen MR) is 126 cm³/mol. The van der Waals surface area contributed by atoms with Gasteiger partial charge in [0.1, 0.15) is 16.8 Å². The van der Waals surface area contributed by atoms with Crippen LogP contribution in [0.4, 0.5) is 10.2 Å². The molecule has 0 aliphatic carbocycles. The van der Waals surface area contributed by atoms with Gasteiger partial charge in [0, 0.05) is 44.0 Å². The zero-order chi connectivity index (χ0) is 24.1. The van der Waals surface area contributed by atoms with E-state index in [-0.39, 0.29) is 23.5 Å². The fourth-order valence-corrected chi connectivity index (χ4v) is 3.94. The minimum Gasteiger partial charge on any atom is -0.452 e. The van der Waals surface area contributed by atoms with Gasteiger partial charge < -0.3 is 14.5 Å². The Morgan fingerprint density at radius 1 is 1.12 bits per heavy atom. The van der Waals surface area contributed by atoms with Crippen LogP contribution < -0.4 is 4.90 Å². The van der Waals surface area contributed by atoms with Crippen LogP contribution >= 0.6 is 11.6 Å². The molecule has 2 aromatic heterocycles. The lowest BCUT2D eigenvalue weighted by molar-refractivity contribution is -0.148. The molecule has 10 heteroatoms. The molecule has 3 heterocycles. The molecule has 1 aliphatic heterocycles. The second-order valence-electron chi connectivity index (χ2n) is 7.67. The summed E-state index contributed by atoms with van der Waals surface area (Å²) in [5, 5.41) is 4.61. The highest BCUT2D eigenvalue weighted by molar-refractivity contribution is 6.31. The number of benzene rings is 1. The molecule has 8 nitrogen and oxygen atoms in total. The van der Waals surface area contributed by atoms with Crippen molar-refractivity contribution in [1.29, 1.82) is 0 Å². The van der Waals surface area contributed by atoms with Crippen LogP contribution in [0, 0.1) is 12.7 Å². The SMILES string of the molecule is Cc1nn(-c2ccc(F)cc2)c(Cl)c1/C=C/C(=O)OCC(=O)N1CCN(c2ccccn2)CC1. The summed E-state index contributed by atoms with van der Waals surface area (Å²) in [5.74, 6) is -0.398. The third-order valence-electron chi connectivity index (χ3n) is 5.45. The van der Waals surface area contributed by atoms with E-state index in [2.05, 4.69) is 15.0 Å². The largest absolute Gasteiger partial charge is 0.452 e. The molecule has 0 bridgehead atoms. The molecule has 0 N–H and O–H groups in total. The summed E-state index contributed by atoms with van der Waals surface area (Å²) in [7, 11) is 0. The highest BCUT2D eigenvalue weighted by atomic mass is 35.5. The first kappa shape index (κ1) is 23.4. The molecule has 1 amide bonds. The number of hydrogen-bond acceptors (Lipinski definition) is 6. The van der Waals surface area contributed by atoms with Gasteiger partial charge in [0.05, 0.1) is 11.4 Å². The minimum absolute atomic E-state index is 0.249. The summed E-state index contributed by atoms with van der Waals surface area (Å²) >= 11 is 6.41. The second-order valence-corrected chi connectivity index (χ2v) is 8.03. The summed E-state index contributed by atoms with van der Waals surface area (Å²) in [6.07, 6.45) is 4.43. The van der Waals surface area contributed by atoms with Crippen LogP contribution in [0.25, 0.3) is 11.8 Å². The molecular formula is C24H23ClFN5O3. The standard InChI is InChI=1S/C24H23ClFN5O3/c1-17-20(24(25)31(28-17)19-7-5-18(26)6-8-19)9-10-23(33)34-16-22(32)30-14-12-29(13-15-30)21-4-2-3-11-27-21/h2-11H,12-16H2,1H3/b10-9+. The first-order valence-corrected chi connectivity index (χ1v) is 11.1. The van der Waals surface area contributed by atoms with Crippen molar-refractivity contribution in [3.05, 3.63) is 77.0 Å². The Balaban J connectivity index is 1.29. The van der Waals surface area contributed by atoms with Crippen LogP contribution in [0.3, 0.4) is 0 Å². The molecule has 0 radical (unpaired) electrons. The number of amides is 1. The van der Waals surface area contributed by atoms with Gasteiger partial charge in [-0.1, -0.05) is 17.7 Å². The van der Waals surface area contributed by atoms with E-state index in [1.54, 1.807) is 30.2 Å². The van der Waals surface area contributed by atoms with E-state index in [0.29, 0.717) is 43.1 Å². The molecule has 1 aliphatic rings. The first-order valence-electron chi connectivity index (χ1n) is 10.7. The number of rotatable bonds is 6. The van der Waals surface area contributed by atoms with Crippen LogP contribution in [0.15, 0.2) is 54.7 Å². The lowest BCUT2D eigenvalue weighted by Crippen LogP contribution is -2.50. The Morgan fingerprint density at radius 2 is 1.85 bits per heavy atom. The normalized spacial score (nSPS) is 14.0. The van der Waals surface area contributed by atoms with Gasteiger partial charge in [-0.15, -0.1) is 0 Å². The fraction of sp³-hybridized carbons (Fsp3) is 0.250. The quantitative estimate of drug-likeness (QED) is 0.395. The molecule has 1 aromatic carbocycles. The highest BCUT2D eigenvalue weighted by Gasteiger charge is 2.22. The average Bonchev–Trinajstić information content (AvgIpc) is 3.15. The van der Waals surface area contributed by atoms with Gasteiger partial charge >= 0.3 is 5.97 Å². The zero-order valence-electron chi connectivity index (χ0n) is 18.5.